The van der Waals surface area contributed by atoms with Crippen molar-refractivity contribution >= 4 is 11.7 Å². The van der Waals surface area contributed by atoms with Crippen LogP contribution in [0.1, 0.15) is 23.2 Å². The summed E-state index contributed by atoms with van der Waals surface area (Å²) in [5.41, 5.74) is 0.201. The summed E-state index contributed by atoms with van der Waals surface area (Å²) in [6.45, 7) is 0.772. The van der Waals surface area contributed by atoms with E-state index < -0.39 is 5.82 Å². The van der Waals surface area contributed by atoms with Crippen LogP contribution >= 0.6 is 0 Å². The Hall–Kier alpha value is -1.91. The maximum Gasteiger partial charge on any atom is 0.257 e. The SMILES string of the molecule is COc1ccc(F)cc1C(=O)N1CCC(=O)CC1. The summed E-state index contributed by atoms with van der Waals surface area (Å²) in [6.07, 6.45) is 0.729. The average molecular weight is 251 g/mol. The van der Waals surface area contributed by atoms with Crippen LogP contribution < -0.4 is 4.74 Å². The van der Waals surface area contributed by atoms with Crippen LogP contribution in [0.2, 0.25) is 0 Å². The molecule has 1 amide bonds. The Labute approximate surface area is 104 Å². The Kier molecular flexibility index (Phi) is 3.60. The van der Waals surface area contributed by atoms with Crippen molar-refractivity contribution in [1.29, 1.82) is 0 Å². The van der Waals surface area contributed by atoms with E-state index in [9.17, 15) is 14.0 Å². The molecule has 5 heteroatoms. The smallest absolute Gasteiger partial charge is 0.257 e. The summed E-state index contributed by atoms with van der Waals surface area (Å²) >= 11 is 0. The highest BCUT2D eigenvalue weighted by molar-refractivity contribution is 5.98. The first-order chi connectivity index (χ1) is 8.61. The molecular formula is C13H14FNO3. The maximum absolute atomic E-state index is 13.2. The molecule has 96 valence electrons. The second kappa shape index (κ2) is 5.16. The van der Waals surface area contributed by atoms with E-state index in [0.29, 0.717) is 31.7 Å². The topological polar surface area (TPSA) is 46.6 Å². The highest BCUT2D eigenvalue weighted by Crippen LogP contribution is 2.22. The zero-order valence-corrected chi connectivity index (χ0v) is 10.1. The lowest BCUT2D eigenvalue weighted by atomic mass is 10.1. The molecule has 0 aromatic heterocycles. The van der Waals surface area contributed by atoms with Gasteiger partial charge in [0.05, 0.1) is 12.7 Å². The van der Waals surface area contributed by atoms with Crippen molar-refractivity contribution in [3.8, 4) is 5.75 Å². The van der Waals surface area contributed by atoms with Crippen LogP contribution in [-0.2, 0) is 4.79 Å². The van der Waals surface area contributed by atoms with Crippen LogP contribution in [0.15, 0.2) is 18.2 Å². The fourth-order valence-corrected chi connectivity index (χ4v) is 1.98. The van der Waals surface area contributed by atoms with Crippen molar-refractivity contribution in [1.82, 2.24) is 4.90 Å². The number of methoxy groups -OCH3 is 1. The van der Waals surface area contributed by atoms with Crippen molar-refractivity contribution in [3.05, 3.63) is 29.6 Å². The first-order valence-corrected chi connectivity index (χ1v) is 5.76. The van der Waals surface area contributed by atoms with E-state index >= 15 is 0 Å². The second-order valence-corrected chi connectivity index (χ2v) is 4.18. The van der Waals surface area contributed by atoms with Gasteiger partial charge in [-0.05, 0) is 18.2 Å². The molecule has 0 unspecified atom stereocenters. The molecule has 1 aromatic carbocycles. The molecule has 0 atom stereocenters. The summed E-state index contributed by atoms with van der Waals surface area (Å²) < 4.78 is 18.2. The van der Waals surface area contributed by atoms with E-state index in [0.717, 1.165) is 6.07 Å². The maximum atomic E-state index is 13.2. The molecule has 0 radical (unpaired) electrons. The molecule has 0 N–H and O–H groups in total. The minimum atomic E-state index is -0.479. The number of ether oxygens (including phenoxy) is 1. The predicted molar refractivity (Wildman–Crippen MR) is 63.1 cm³/mol. The minimum absolute atomic E-state index is 0.158. The van der Waals surface area contributed by atoms with Crippen LogP contribution in [0.4, 0.5) is 4.39 Å². The largest absolute Gasteiger partial charge is 0.496 e. The number of hydrogen-bond donors (Lipinski definition) is 0. The van der Waals surface area contributed by atoms with Gasteiger partial charge in [-0.3, -0.25) is 9.59 Å². The summed E-state index contributed by atoms with van der Waals surface area (Å²) in [5, 5.41) is 0. The van der Waals surface area contributed by atoms with Gasteiger partial charge in [0.25, 0.3) is 5.91 Å². The van der Waals surface area contributed by atoms with Gasteiger partial charge in [0, 0.05) is 25.9 Å². The van der Waals surface area contributed by atoms with Crippen LogP contribution in [0.3, 0.4) is 0 Å². The fourth-order valence-electron chi connectivity index (χ4n) is 1.98. The van der Waals surface area contributed by atoms with Crippen molar-refractivity contribution in [2.24, 2.45) is 0 Å². The van der Waals surface area contributed by atoms with Crippen LogP contribution in [-0.4, -0.2) is 36.8 Å². The molecule has 1 aliphatic heterocycles. The Bertz CT molecular complexity index is 477. The van der Waals surface area contributed by atoms with Gasteiger partial charge in [0.2, 0.25) is 0 Å². The van der Waals surface area contributed by atoms with Gasteiger partial charge < -0.3 is 9.64 Å². The van der Waals surface area contributed by atoms with Gasteiger partial charge in [-0.2, -0.15) is 0 Å². The lowest BCUT2D eigenvalue weighted by molar-refractivity contribution is -0.120. The molecule has 1 fully saturated rings. The third-order valence-electron chi connectivity index (χ3n) is 3.00. The van der Waals surface area contributed by atoms with Crippen molar-refractivity contribution in [3.63, 3.8) is 0 Å². The first-order valence-electron chi connectivity index (χ1n) is 5.76. The number of nitrogens with zero attached hydrogens (tertiary/aromatic N) is 1. The van der Waals surface area contributed by atoms with Gasteiger partial charge >= 0.3 is 0 Å². The van der Waals surface area contributed by atoms with Gasteiger partial charge in [0.1, 0.15) is 17.3 Å². The molecule has 2 rings (SSSR count). The molecule has 0 bridgehead atoms. The summed E-state index contributed by atoms with van der Waals surface area (Å²) in [4.78, 5) is 24.9. The van der Waals surface area contributed by atoms with Crippen LogP contribution in [0, 0.1) is 5.82 Å². The number of piperidine rings is 1. The van der Waals surface area contributed by atoms with Gasteiger partial charge in [-0.15, -0.1) is 0 Å². The molecule has 0 saturated carbocycles. The van der Waals surface area contributed by atoms with Crippen molar-refractivity contribution in [2.45, 2.75) is 12.8 Å². The number of likely N-dealkylation sites (tertiary alicyclic amines) is 1. The molecular weight excluding hydrogens is 237 g/mol. The highest BCUT2D eigenvalue weighted by Gasteiger charge is 2.24. The number of Topliss-reactive ketones (excluding diaryl/α,β-unsaturated/α-hetero) is 1. The van der Waals surface area contributed by atoms with E-state index in [1.807, 2.05) is 0 Å². The predicted octanol–water partition coefficient (Wildman–Crippen LogP) is 1.64. The molecule has 4 nitrogen and oxygen atoms in total. The average Bonchev–Trinajstić information content (AvgIpc) is 2.39. The molecule has 1 aliphatic rings. The summed E-state index contributed by atoms with van der Waals surface area (Å²) in [5.74, 6) is -0.269. The Morgan fingerprint density at radius 2 is 2.00 bits per heavy atom. The Morgan fingerprint density at radius 1 is 1.33 bits per heavy atom. The van der Waals surface area contributed by atoms with Crippen molar-refractivity contribution < 1.29 is 18.7 Å². The molecule has 1 aromatic rings. The highest BCUT2D eigenvalue weighted by atomic mass is 19.1. The number of hydrogen-bond acceptors (Lipinski definition) is 3. The van der Waals surface area contributed by atoms with E-state index in [-0.39, 0.29) is 17.3 Å². The molecule has 0 aliphatic carbocycles. The van der Waals surface area contributed by atoms with Gasteiger partial charge in [0.15, 0.2) is 0 Å². The van der Waals surface area contributed by atoms with Gasteiger partial charge in [-0.1, -0.05) is 0 Å². The van der Waals surface area contributed by atoms with E-state index in [4.69, 9.17) is 4.74 Å². The van der Waals surface area contributed by atoms with Crippen molar-refractivity contribution in [2.75, 3.05) is 20.2 Å². The number of carbonyl (C=O) groups excluding carboxylic acids is 2. The monoisotopic (exact) mass is 251 g/mol. The third kappa shape index (κ3) is 2.50. The summed E-state index contributed by atoms with van der Waals surface area (Å²) in [6, 6.07) is 3.84. The zero-order valence-electron chi connectivity index (χ0n) is 10.1. The fraction of sp³-hybridized carbons (Fsp3) is 0.385. The molecule has 1 heterocycles. The van der Waals surface area contributed by atoms with E-state index in [1.165, 1.54) is 19.2 Å². The Balaban J connectivity index is 2.22. The first kappa shape index (κ1) is 12.5. The van der Waals surface area contributed by atoms with Gasteiger partial charge in [-0.25, -0.2) is 4.39 Å². The molecule has 0 spiro atoms. The number of amides is 1. The normalized spacial score (nSPS) is 15.7. The second-order valence-electron chi connectivity index (χ2n) is 4.18. The lowest BCUT2D eigenvalue weighted by Gasteiger charge is -2.26. The summed E-state index contributed by atoms with van der Waals surface area (Å²) in [7, 11) is 1.43. The lowest BCUT2D eigenvalue weighted by Crippen LogP contribution is -2.38. The third-order valence-corrected chi connectivity index (χ3v) is 3.00. The van der Waals surface area contributed by atoms with Crippen LogP contribution in [0.5, 0.6) is 5.75 Å². The number of rotatable bonds is 2. The molecule has 1 saturated heterocycles. The number of benzene rings is 1. The molecule has 18 heavy (non-hydrogen) atoms. The quantitative estimate of drug-likeness (QED) is 0.802. The van der Waals surface area contributed by atoms with E-state index in [2.05, 4.69) is 0 Å². The van der Waals surface area contributed by atoms with E-state index in [1.54, 1.807) is 4.90 Å². The number of halogens is 1. The zero-order chi connectivity index (χ0) is 13.1. The Morgan fingerprint density at radius 3 is 2.61 bits per heavy atom. The number of ketones is 1. The minimum Gasteiger partial charge on any atom is -0.496 e. The standard InChI is InChI=1S/C13H14FNO3/c1-18-12-3-2-9(14)8-11(12)13(17)15-6-4-10(16)5-7-15/h2-3,8H,4-7H2,1H3. The van der Waals surface area contributed by atoms with Crippen LogP contribution in [0.25, 0.3) is 0 Å². The number of carbonyl (C=O) groups is 2.